The minimum absolute atomic E-state index is 0.514. The summed E-state index contributed by atoms with van der Waals surface area (Å²) in [5, 5.41) is 7.17. The fourth-order valence-corrected chi connectivity index (χ4v) is 2.99. The molecule has 0 radical (unpaired) electrons. The second kappa shape index (κ2) is 6.07. The van der Waals surface area contributed by atoms with E-state index in [1.54, 1.807) is 0 Å². The lowest BCUT2D eigenvalue weighted by molar-refractivity contribution is 0.523. The van der Waals surface area contributed by atoms with E-state index >= 15 is 0 Å². The van der Waals surface area contributed by atoms with E-state index in [9.17, 15) is 0 Å². The van der Waals surface area contributed by atoms with Gasteiger partial charge in [-0.25, -0.2) is 0 Å². The molecule has 18 heavy (non-hydrogen) atoms. The molecule has 1 saturated heterocycles. The Balaban J connectivity index is 1.95. The van der Waals surface area contributed by atoms with Crippen molar-refractivity contribution in [3.8, 4) is 0 Å². The van der Waals surface area contributed by atoms with Crippen molar-refractivity contribution in [1.29, 1.82) is 0 Å². The average molecular weight is 311 g/mol. The molecule has 1 aliphatic heterocycles. The van der Waals surface area contributed by atoms with Crippen LogP contribution in [0.2, 0.25) is 0 Å². The van der Waals surface area contributed by atoms with Gasteiger partial charge in [-0.3, -0.25) is 0 Å². The van der Waals surface area contributed by atoms with Crippen LogP contribution < -0.4 is 10.6 Å². The van der Waals surface area contributed by atoms with Crippen LogP contribution in [-0.4, -0.2) is 18.6 Å². The maximum atomic E-state index is 3.62. The number of halogens is 1. The molecule has 0 amide bonds. The van der Waals surface area contributed by atoms with E-state index in [4.69, 9.17) is 0 Å². The highest BCUT2D eigenvalue weighted by Crippen LogP contribution is 2.26. The van der Waals surface area contributed by atoms with Gasteiger partial charge in [-0.05, 0) is 69.8 Å². The molecular weight excluding hydrogens is 288 g/mol. The fourth-order valence-electron chi connectivity index (χ4n) is 2.76. The lowest BCUT2D eigenvalue weighted by atomic mass is 10.1. The first-order valence-electron chi connectivity index (χ1n) is 6.83. The van der Waals surface area contributed by atoms with Crippen molar-refractivity contribution < 1.29 is 0 Å². The molecule has 3 heteroatoms. The minimum Gasteiger partial charge on any atom is -0.383 e. The van der Waals surface area contributed by atoms with Gasteiger partial charge in [0.1, 0.15) is 0 Å². The van der Waals surface area contributed by atoms with E-state index in [0.717, 1.165) is 0 Å². The van der Waals surface area contributed by atoms with Crippen molar-refractivity contribution in [2.75, 3.05) is 11.9 Å². The van der Waals surface area contributed by atoms with Gasteiger partial charge in [0, 0.05) is 22.2 Å². The van der Waals surface area contributed by atoms with Gasteiger partial charge in [0.2, 0.25) is 0 Å². The van der Waals surface area contributed by atoms with Crippen LogP contribution in [0.5, 0.6) is 0 Å². The third-order valence-corrected chi connectivity index (χ3v) is 4.90. The summed E-state index contributed by atoms with van der Waals surface area (Å²) in [4.78, 5) is 0. The molecule has 2 N–H and O–H groups in total. The summed E-state index contributed by atoms with van der Waals surface area (Å²) < 4.78 is 1.22. The Kier molecular flexibility index (Phi) is 4.68. The van der Waals surface area contributed by atoms with Gasteiger partial charge in [-0.2, -0.15) is 0 Å². The van der Waals surface area contributed by atoms with Crippen molar-refractivity contribution >= 4 is 21.6 Å². The fraction of sp³-hybridized carbons (Fsp3) is 0.600. The van der Waals surface area contributed by atoms with E-state index in [0.29, 0.717) is 12.1 Å². The van der Waals surface area contributed by atoms with Gasteiger partial charge >= 0.3 is 0 Å². The molecule has 0 bridgehead atoms. The lowest BCUT2D eigenvalue weighted by Crippen LogP contribution is -2.29. The molecule has 1 heterocycles. The summed E-state index contributed by atoms with van der Waals surface area (Å²) in [5.41, 5.74) is 3.83. The van der Waals surface area contributed by atoms with E-state index in [-0.39, 0.29) is 0 Å². The van der Waals surface area contributed by atoms with Crippen LogP contribution in [-0.2, 0) is 0 Å². The standard InChI is InChI=1S/C15H23BrN2/c1-10-7-14(8-11(2)15(10)16)18-12(3)9-13-5-4-6-17-13/h7-8,12-13,17-18H,4-6,9H2,1-3H3. The van der Waals surface area contributed by atoms with Gasteiger partial charge in [0.15, 0.2) is 0 Å². The van der Waals surface area contributed by atoms with Gasteiger partial charge in [-0.15, -0.1) is 0 Å². The first-order chi connectivity index (χ1) is 8.56. The normalized spacial score (nSPS) is 21.0. The molecule has 2 nitrogen and oxygen atoms in total. The molecule has 2 atom stereocenters. The van der Waals surface area contributed by atoms with Crippen molar-refractivity contribution in [2.45, 2.75) is 52.1 Å². The van der Waals surface area contributed by atoms with Gasteiger partial charge in [-0.1, -0.05) is 15.9 Å². The third-order valence-electron chi connectivity index (χ3n) is 3.65. The summed E-state index contributed by atoms with van der Waals surface area (Å²) in [5.74, 6) is 0. The Labute approximate surface area is 119 Å². The Bertz CT molecular complexity index is 388. The van der Waals surface area contributed by atoms with Crippen LogP contribution in [0.25, 0.3) is 0 Å². The van der Waals surface area contributed by atoms with Crippen LogP contribution in [0.15, 0.2) is 16.6 Å². The minimum atomic E-state index is 0.514. The number of hydrogen-bond acceptors (Lipinski definition) is 2. The number of rotatable bonds is 4. The largest absolute Gasteiger partial charge is 0.383 e. The molecule has 0 spiro atoms. The SMILES string of the molecule is Cc1cc(NC(C)CC2CCCN2)cc(C)c1Br. The van der Waals surface area contributed by atoms with Gasteiger partial charge in [0.25, 0.3) is 0 Å². The number of benzene rings is 1. The van der Waals surface area contributed by atoms with Crippen LogP contribution in [0.1, 0.15) is 37.3 Å². The maximum absolute atomic E-state index is 3.62. The third kappa shape index (κ3) is 3.48. The average Bonchev–Trinajstić information content (AvgIpc) is 2.78. The molecule has 1 aromatic carbocycles. The first kappa shape index (κ1) is 13.9. The molecule has 0 aliphatic carbocycles. The predicted molar refractivity (Wildman–Crippen MR) is 82.3 cm³/mol. The second-order valence-electron chi connectivity index (χ2n) is 5.50. The molecule has 2 rings (SSSR count). The molecule has 0 aromatic heterocycles. The zero-order chi connectivity index (χ0) is 13.1. The van der Waals surface area contributed by atoms with Crippen molar-refractivity contribution in [3.63, 3.8) is 0 Å². The van der Waals surface area contributed by atoms with Crippen LogP contribution >= 0.6 is 15.9 Å². The van der Waals surface area contributed by atoms with Crippen LogP contribution in [0, 0.1) is 13.8 Å². The van der Waals surface area contributed by atoms with Gasteiger partial charge < -0.3 is 10.6 Å². The number of aryl methyl sites for hydroxylation is 2. The van der Waals surface area contributed by atoms with E-state index in [1.807, 2.05) is 0 Å². The van der Waals surface area contributed by atoms with Crippen LogP contribution in [0.3, 0.4) is 0 Å². The Morgan fingerprint density at radius 1 is 1.39 bits per heavy atom. The second-order valence-corrected chi connectivity index (χ2v) is 6.29. The summed E-state index contributed by atoms with van der Waals surface area (Å²) in [6.45, 7) is 7.75. The van der Waals surface area contributed by atoms with Gasteiger partial charge in [0.05, 0.1) is 0 Å². The smallest absolute Gasteiger partial charge is 0.0348 e. The Morgan fingerprint density at radius 3 is 2.61 bits per heavy atom. The predicted octanol–water partition coefficient (Wildman–Crippen LogP) is 4.01. The lowest BCUT2D eigenvalue weighted by Gasteiger charge is -2.20. The van der Waals surface area contributed by atoms with Crippen molar-refractivity contribution in [1.82, 2.24) is 5.32 Å². The summed E-state index contributed by atoms with van der Waals surface area (Å²) in [7, 11) is 0. The summed E-state index contributed by atoms with van der Waals surface area (Å²) in [6, 6.07) is 5.65. The number of hydrogen-bond donors (Lipinski definition) is 2. The first-order valence-corrected chi connectivity index (χ1v) is 7.62. The Morgan fingerprint density at radius 2 is 2.06 bits per heavy atom. The highest BCUT2D eigenvalue weighted by atomic mass is 79.9. The quantitative estimate of drug-likeness (QED) is 0.878. The van der Waals surface area contributed by atoms with E-state index in [1.165, 1.54) is 47.1 Å². The highest BCUT2D eigenvalue weighted by Gasteiger charge is 2.17. The number of nitrogens with one attached hydrogen (secondary N) is 2. The van der Waals surface area contributed by atoms with Crippen molar-refractivity contribution in [3.05, 3.63) is 27.7 Å². The number of anilines is 1. The van der Waals surface area contributed by atoms with E-state index < -0.39 is 0 Å². The molecule has 0 saturated carbocycles. The highest BCUT2D eigenvalue weighted by molar-refractivity contribution is 9.10. The molecule has 1 fully saturated rings. The Hall–Kier alpha value is -0.540. The zero-order valence-electron chi connectivity index (χ0n) is 11.5. The molecule has 1 aliphatic rings. The molecule has 1 aromatic rings. The van der Waals surface area contributed by atoms with Crippen molar-refractivity contribution in [2.24, 2.45) is 0 Å². The molecule has 100 valence electrons. The molecule has 2 unspecified atom stereocenters. The molecular formula is C15H23BrN2. The summed E-state index contributed by atoms with van der Waals surface area (Å²) >= 11 is 3.61. The van der Waals surface area contributed by atoms with Crippen LogP contribution in [0.4, 0.5) is 5.69 Å². The topological polar surface area (TPSA) is 24.1 Å². The summed E-state index contributed by atoms with van der Waals surface area (Å²) in [6.07, 6.45) is 3.85. The van der Waals surface area contributed by atoms with E-state index in [2.05, 4.69) is 59.5 Å². The maximum Gasteiger partial charge on any atom is 0.0348 e. The zero-order valence-corrected chi connectivity index (χ0v) is 13.1. The monoisotopic (exact) mass is 310 g/mol.